The molecule has 2 rings (SSSR count). The van der Waals surface area contributed by atoms with Crippen LogP contribution in [0.3, 0.4) is 0 Å². The van der Waals surface area contributed by atoms with Crippen LogP contribution in [0.4, 0.5) is 0 Å². The topological polar surface area (TPSA) is 28.7 Å². The van der Waals surface area contributed by atoms with E-state index in [2.05, 4.69) is 22.8 Å². The maximum atomic E-state index is 4.04. The molecular weight excluding hydrogens is 144 g/mol. The molecule has 0 atom stereocenters. The van der Waals surface area contributed by atoms with Crippen LogP contribution in [0.1, 0.15) is 0 Å². The lowest BCUT2D eigenvalue weighted by molar-refractivity contribution is 1.03. The van der Waals surface area contributed by atoms with Crippen LogP contribution in [0.25, 0.3) is 10.9 Å². The smallest absolute Gasteiger partial charge is 0.236 e. The monoisotopic (exact) mass is 151 g/mol. The number of nitrogens with one attached hydrogen (secondary N) is 1. The lowest BCUT2D eigenvalue weighted by Gasteiger charge is -1.80. The molecule has 1 aromatic carbocycles. The molecule has 1 heterocycles. The molecule has 10 heavy (non-hydrogen) atoms. The molecule has 0 saturated heterocycles. The fraction of sp³-hybridized carbons (Fsp3) is 0. The summed E-state index contributed by atoms with van der Waals surface area (Å²) in [6.45, 7) is 0. The van der Waals surface area contributed by atoms with Gasteiger partial charge in [-0.2, -0.15) is 5.10 Å². The number of fused-ring (bicyclic) bond motifs is 1. The Bertz CT molecular complexity index is 353. The van der Waals surface area contributed by atoms with Crippen molar-refractivity contribution in [1.82, 2.24) is 10.2 Å². The minimum Gasteiger partial charge on any atom is -0.236 e. The van der Waals surface area contributed by atoms with Crippen LogP contribution in [-0.2, 0) is 12.6 Å². The molecular formula is C7H7N2S+. The van der Waals surface area contributed by atoms with Gasteiger partial charge < -0.3 is 0 Å². The second-order valence-electron chi connectivity index (χ2n) is 2.12. The largest absolute Gasteiger partial charge is 0.245 e. The maximum absolute atomic E-state index is 4.04. The molecule has 3 heteroatoms. The van der Waals surface area contributed by atoms with Gasteiger partial charge in [-0.25, -0.2) is 5.10 Å². The van der Waals surface area contributed by atoms with Gasteiger partial charge in [-0.1, -0.05) is 12.1 Å². The highest BCUT2D eigenvalue weighted by atomic mass is 32.1. The van der Waals surface area contributed by atoms with Gasteiger partial charge in [-0.05, 0) is 12.1 Å². The van der Waals surface area contributed by atoms with Crippen molar-refractivity contribution in [2.45, 2.75) is 5.03 Å². The number of rotatable bonds is 0. The first-order valence-corrected chi connectivity index (χ1v) is 3.52. The Balaban J connectivity index is 2.93. The fourth-order valence-electron chi connectivity index (χ4n) is 0.959. The van der Waals surface area contributed by atoms with Crippen molar-refractivity contribution in [2.75, 3.05) is 0 Å². The number of H-pyrrole nitrogens is 1. The molecule has 0 bridgehead atoms. The Morgan fingerprint density at radius 2 is 2.10 bits per heavy atom. The summed E-state index contributed by atoms with van der Waals surface area (Å²) in [5.74, 6) is 0. The van der Waals surface area contributed by atoms with E-state index in [1.807, 2.05) is 24.3 Å². The number of para-hydroxylation sites is 1. The number of aromatic nitrogens is 2. The van der Waals surface area contributed by atoms with E-state index in [4.69, 9.17) is 0 Å². The third-order valence-electron chi connectivity index (χ3n) is 1.46. The normalized spacial score (nSPS) is 10.5. The first-order chi connectivity index (χ1) is 4.88. The molecule has 50 valence electrons. The Kier molecular flexibility index (Phi) is 1.17. The van der Waals surface area contributed by atoms with Crippen molar-refractivity contribution >= 4 is 23.5 Å². The molecule has 0 unspecified atom stereocenters. The maximum Gasteiger partial charge on any atom is 0.245 e. The molecule has 2 nitrogen and oxygen atoms in total. The van der Waals surface area contributed by atoms with Crippen molar-refractivity contribution in [3.63, 3.8) is 0 Å². The predicted molar refractivity (Wildman–Crippen MR) is 44.5 cm³/mol. The summed E-state index contributed by atoms with van der Waals surface area (Å²) in [6.07, 6.45) is 0. The SMILES string of the molecule is [SH2+]c1[nH]nc2ccccc12. The summed E-state index contributed by atoms with van der Waals surface area (Å²) in [4.78, 5) is 0. The van der Waals surface area contributed by atoms with Gasteiger partial charge in [0.1, 0.15) is 0 Å². The molecule has 2 aromatic rings. The highest BCUT2D eigenvalue weighted by molar-refractivity contribution is 7.59. The lowest BCUT2D eigenvalue weighted by Crippen LogP contribution is -1.66. The van der Waals surface area contributed by atoms with Gasteiger partial charge in [0.15, 0.2) is 0 Å². The molecule has 0 saturated carbocycles. The van der Waals surface area contributed by atoms with Gasteiger partial charge >= 0.3 is 0 Å². The second kappa shape index (κ2) is 2.02. The van der Waals surface area contributed by atoms with Crippen molar-refractivity contribution in [3.05, 3.63) is 24.3 Å². The molecule has 0 radical (unpaired) electrons. The van der Waals surface area contributed by atoms with Crippen molar-refractivity contribution < 1.29 is 0 Å². The van der Waals surface area contributed by atoms with E-state index in [1.54, 1.807) is 0 Å². The van der Waals surface area contributed by atoms with Gasteiger partial charge in [-0.3, -0.25) is 0 Å². The molecule has 0 aliphatic carbocycles. The summed E-state index contributed by atoms with van der Waals surface area (Å²) < 4.78 is 0. The number of hydrogen-bond donors (Lipinski definition) is 1. The van der Waals surface area contributed by atoms with Crippen LogP contribution in [0.5, 0.6) is 0 Å². The van der Waals surface area contributed by atoms with Crippen LogP contribution in [-0.4, -0.2) is 10.2 Å². The van der Waals surface area contributed by atoms with Crippen LogP contribution in [0.2, 0.25) is 0 Å². The van der Waals surface area contributed by atoms with E-state index in [1.165, 1.54) is 0 Å². The zero-order chi connectivity index (χ0) is 6.97. The summed E-state index contributed by atoms with van der Waals surface area (Å²) in [5, 5.41) is 8.95. The highest BCUT2D eigenvalue weighted by Crippen LogP contribution is 2.13. The predicted octanol–water partition coefficient (Wildman–Crippen LogP) is 0.933. The van der Waals surface area contributed by atoms with Gasteiger partial charge in [0, 0.05) is 12.6 Å². The fourth-order valence-corrected chi connectivity index (χ4v) is 1.23. The number of nitrogens with zero attached hydrogens (tertiary/aromatic N) is 1. The molecule has 0 fully saturated rings. The van der Waals surface area contributed by atoms with Crippen molar-refractivity contribution in [1.29, 1.82) is 0 Å². The zero-order valence-corrected chi connectivity index (χ0v) is 6.26. The van der Waals surface area contributed by atoms with E-state index in [0.29, 0.717) is 0 Å². The van der Waals surface area contributed by atoms with Gasteiger partial charge in [0.05, 0.1) is 10.9 Å². The van der Waals surface area contributed by atoms with Crippen LogP contribution in [0.15, 0.2) is 29.3 Å². The first-order valence-electron chi connectivity index (χ1n) is 3.02. The van der Waals surface area contributed by atoms with E-state index >= 15 is 0 Å². The summed E-state index contributed by atoms with van der Waals surface area (Å²) >= 11 is 3.40. The summed E-state index contributed by atoms with van der Waals surface area (Å²) in [6, 6.07) is 7.94. The van der Waals surface area contributed by atoms with Crippen LogP contribution in [0, 0.1) is 0 Å². The molecule has 1 N–H and O–H groups in total. The zero-order valence-electron chi connectivity index (χ0n) is 5.26. The third kappa shape index (κ3) is 0.708. The number of aromatic amines is 1. The Morgan fingerprint density at radius 3 is 2.90 bits per heavy atom. The molecule has 1 aromatic heterocycles. The van der Waals surface area contributed by atoms with E-state index in [0.717, 1.165) is 15.9 Å². The van der Waals surface area contributed by atoms with Gasteiger partial charge in [-0.15, -0.1) is 0 Å². The second-order valence-corrected chi connectivity index (χ2v) is 2.62. The van der Waals surface area contributed by atoms with Crippen molar-refractivity contribution in [2.24, 2.45) is 0 Å². The van der Waals surface area contributed by atoms with Crippen LogP contribution >= 0.6 is 0 Å². The Labute approximate surface area is 63.7 Å². The average molecular weight is 151 g/mol. The average Bonchev–Trinajstić information content (AvgIpc) is 2.34. The molecule has 0 amide bonds. The standard InChI is InChI=1S/C7H6N2S/c10-7-5-3-1-2-4-6(5)8-9-7/h1-4H,(H2,8,9,10)/p+1. The third-order valence-corrected chi connectivity index (χ3v) is 1.84. The number of hydrogen-bond acceptors (Lipinski definition) is 1. The van der Waals surface area contributed by atoms with Crippen molar-refractivity contribution in [3.8, 4) is 0 Å². The first kappa shape index (κ1) is 5.80. The van der Waals surface area contributed by atoms with Gasteiger partial charge in [0.25, 0.3) is 0 Å². The quantitative estimate of drug-likeness (QED) is 0.557. The number of benzene rings is 1. The van der Waals surface area contributed by atoms with Crippen LogP contribution < -0.4 is 0 Å². The van der Waals surface area contributed by atoms with E-state index < -0.39 is 0 Å². The van der Waals surface area contributed by atoms with Gasteiger partial charge in [0.2, 0.25) is 5.03 Å². The summed E-state index contributed by atoms with van der Waals surface area (Å²) in [7, 11) is 0. The van der Waals surface area contributed by atoms with E-state index in [9.17, 15) is 0 Å². The Hall–Kier alpha value is -0.960. The lowest BCUT2D eigenvalue weighted by atomic mass is 10.3. The minimum atomic E-state index is 0.940. The van der Waals surface area contributed by atoms with E-state index in [-0.39, 0.29) is 0 Å². The summed E-state index contributed by atoms with van der Waals surface area (Å²) in [5.41, 5.74) is 0.993. The Morgan fingerprint density at radius 1 is 1.30 bits per heavy atom. The minimum absolute atomic E-state index is 0.940. The molecule has 0 spiro atoms. The molecule has 0 aliphatic rings. The molecule has 0 aliphatic heterocycles. The highest BCUT2D eigenvalue weighted by Gasteiger charge is 2.02.